The van der Waals surface area contributed by atoms with Crippen molar-refractivity contribution in [1.82, 2.24) is 14.6 Å². The molecule has 84 valence electrons. The zero-order valence-corrected chi connectivity index (χ0v) is 8.92. The van der Waals surface area contributed by atoms with Gasteiger partial charge < -0.3 is 5.73 Å². The molecule has 0 saturated carbocycles. The van der Waals surface area contributed by atoms with Gasteiger partial charge in [0, 0.05) is 6.07 Å². The predicted octanol–water partition coefficient (Wildman–Crippen LogP) is 1.27. The molecule has 0 aliphatic heterocycles. The second-order valence-electron chi connectivity index (χ2n) is 3.75. The molecule has 17 heavy (non-hydrogen) atoms. The van der Waals surface area contributed by atoms with Gasteiger partial charge in [-0.1, -0.05) is 30.3 Å². The Kier molecular flexibility index (Phi) is 1.98. The zero-order valence-electron chi connectivity index (χ0n) is 8.92. The highest BCUT2D eigenvalue weighted by Crippen LogP contribution is 2.17. The van der Waals surface area contributed by atoms with Crippen LogP contribution in [0.25, 0.3) is 16.9 Å². The molecule has 0 radical (unpaired) electrons. The van der Waals surface area contributed by atoms with Crippen LogP contribution in [0, 0.1) is 0 Å². The van der Waals surface area contributed by atoms with E-state index in [0.29, 0.717) is 5.65 Å². The van der Waals surface area contributed by atoms with E-state index >= 15 is 0 Å². The minimum Gasteiger partial charge on any atom is -0.393 e. The van der Waals surface area contributed by atoms with E-state index in [9.17, 15) is 4.79 Å². The van der Waals surface area contributed by atoms with E-state index in [1.165, 1.54) is 10.7 Å². The van der Waals surface area contributed by atoms with E-state index < -0.39 is 0 Å². The van der Waals surface area contributed by atoms with Crippen molar-refractivity contribution < 1.29 is 0 Å². The van der Waals surface area contributed by atoms with E-state index in [4.69, 9.17) is 5.73 Å². The molecule has 3 rings (SSSR count). The summed E-state index contributed by atoms with van der Waals surface area (Å²) in [5, 5.41) is 2.98. The quantitative estimate of drug-likeness (QED) is 0.656. The largest absolute Gasteiger partial charge is 0.393 e. The molecule has 0 atom stereocenters. The highest BCUT2D eigenvalue weighted by molar-refractivity contribution is 5.64. The topological polar surface area (TPSA) is 76.2 Å². The summed E-state index contributed by atoms with van der Waals surface area (Å²) >= 11 is 0. The van der Waals surface area contributed by atoms with Crippen molar-refractivity contribution in [3.8, 4) is 11.3 Å². The van der Waals surface area contributed by atoms with Crippen LogP contribution in [0.15, 0.2) is 47.4 Å². The lowest BCUT2D eigenvalue weighted by molar-refractivity contribution is 0.907. The molecule has 0 unspecified atom stereocenters. The van der Waals surface area contributed by atoms with Crippen LogP contribution in [0.1, 0.15) is 0 Å². The molecule has 1 aromatic carbocycles. The fourth-order valence-electron chi connectivity index (χ4n) is 1.74. The molecular weight excluding hydrogens is 216 g/mol. The number of fused-ring (bicyclic) bond motifs is 1. The summed E-state index contributed by atoms with van der Waals surface area (Å²) < 4.78 is 1.34. The average Bonchev–Trinajstić information content (AvgIpc) is 2.80. The van der Waals surface area contributed by atoms with Gasteiger partial charge in [-0.15, -0.1) is 0 Å². The van der Waals surface area contributed by atoms with Crippen LogP contribution in [-0.2, 0) is 0 Å². The highest BCUT2D eigenvalue weighted by Gasteiger charge is 2.06. The summed E-state index contributed by atoms with van der Waals surface area (Å²) in [6, 6.07) is 11.5. The normalized spacial score (nSPS) is 10.8. The standard InChI is InChI=1S/C12H10N4O/c13-9-7-14-11-6-10(15-16(11)12(9)17)8-4-2-1-3-5-8/h1-7,15H,13H2. The molecule has 0 aliphatic rings. The van der Waals surface area contributed by atoms with Crippen LogP contribution in [-0.4, -0.2) is 14.6 Å². The molecule has 0 fully saturated rings. The van der Waals surface area contributed by atoms with Gasteiger partial charge in [0.25, 0.3) is 5.56 Å². The minimum atomic E-state index is -0.280. The smallest absolute Gasteiger partial charge is 0.295 e. The number of hydrogen-bond acceptors (Lipinski definition) is 3. The number of aromatic nitrogens is 3. The maximum absolute atomic E-state index is 11.7. The summed E-state index contributed by atoms with van der Waals surface area (Å²) in [7, 11) is 0. The average molecular weight is 226 g/mol. The van der Waals surface area contributed by atoms with Crippen LogP contribution in [0.3, 0.4) is 0 Å². The van der Waals surface area contributed by atoms with Crippen LogP contribution in [0.4, 0.5) is 5.69 Å². The van der Waals surface area contributed by atoms with Crippen LogP contribution >= 0.6 is 0 Å². The molecule has 5 heteroatoms. The van der Waals surface area contributed by atoms with Crippen LogP contribution < -0.4 is 11.3 Å². The Morgan fingerprint density at radius 3 is 2.76 bits per heavy atom. The number of anilines is 1. The Labute approximate surface area is 96.5 Å². The van der Waals surface area contributed by atoms with Gasteiger partial charge in [0.1, 0.15) is 5.69 Å². The Morgan fingerprint density at radius 1 is 1.24 bits per heavy atom. The van der Waals surface area contributed by atoms with Crippen molar-refractivity contribution in [3.05, 3.63) is 52.9 Å². The maximum atomic E-state index is 11.7. The molecule has 2 aromatic heterocycles. The molecule has 3 N–H and O–H groups in total. The maximum Gasteiger partial charge on any atom is 0.295 e. The number of benzene rings is 1. The number of nitrogens with one attached hydrogen (secondary N) is 1. The summed E-state index contributed by atoms with van der Waals surface area (Å²) in [5.74, 6) is 0. The van der Waals surface area contributed by atoms with Crippen molar-refractivity contribution in [1.29, 1.82) is 0 Å². The van der Waals surface area contributed by atoms with E-state index in [1.807, 2.05) is 36.4 Å². The Bertz CT molecular complexity index is 727. The second kappa shape index (κ2) is 3.48. The third-order valence-electron chi connectivity index (χ3n) is 2.61. The fourth-order valence-corrected chi connectivity index (χ4v) is 1.74. The zero-order chi connectivity index (χ0) is 11.8. The van der Waals surface area contributed by atoms with Crippen molar-refractivity contribution in [2.45, 2.75) is 0 Å². The van der Waals surface area contributed by atoms with Gasteiger partial charge in [0.05, 0.1) is 11.9 Å². The highest BCUT2D eigenvalue weighted by atomic mass is 16.1. The van der Waals surface area contributed by atoms with Crippen molar-refractivity contribution in [2.75, 3.05) is 5.73 Å². The van der Waals surface area contributed by atoms with Gasteiger partial charge in [-0.05, 0) is 5.56 Å². The van der Waals surface area contributed by atoms with E-state index in [0.717, 1.165) is 11.3 Å². The Morgan fingerprint density at radius 2 is 2.00 bits per heavy atom. The third kappa shape index (κ3) is 1.48. The van der Waals surface area contributed by atoms with Gasteiger partial charge in [-0.3, -0.25) is 9.89 Å². The third-order valence-corrected chi connectivity index (χ3v) is 2.61. The molecule has 0 aliphatic carbocycles. The second-order valence-corrected chi connectivity index (χ2v) is 3.75. The first-order chi connectivity index (χ1) is 8.25. The number of nitrogens with two attached hydrogens (primary N) is 1. The monoisotopic (exact) mass is 226 g/mol. The van der Waals surface area contributed by atoms with Gasteiger partial charge >= 0.3 is 0 Å². The number of H-pyrrole nitrogens is 1. The number of hydrogen-bond donors (Lipinski definition) is 2. The van der Waals surface area contributed by atoms with Crippen molar-refractivity contribution >= 4 is 11.3 Å². The van der Waals surface area contributed by atoms with Gasteiger partial charge in [0.2, 0.25) is 0 Å². The number of aromatic amines is 1. The molecular formula is C12H10N4O. The molecule has 5 nitrogen and oxygen atoms in total. The molecule has 0 saturated heterocycles. The summed E-state index contributed by atoms with van der Waals surface area (Å²) in [5.41, 5.74) is 7.76. The molecule has 3 aromatic rings. The van der Waals surface area contributed by atoms with Crippen LogP contribution in [0.2, 0.25) is 0 Å². The summed E-state index contributed by atoms with van der Waals surface area (Å²) in [6.45, 7) is 0. The minimum absolute atomic E-state index is 0.129. The first-order valence-corrected chi connectivity index (χ1v) is 5.17. The number of rotatable bonds is 1. The predicted molar refractivity (Wildman–Crippen MR) is 65.7 cm³/mol. The van der Waals surface area contributed by atoms with Crippen LogP contribution in [0.5, 0.6) is 0 Å². The van der Waals surface area contributed by atoms with E-state index in [1.54, 1.807) is 0 Å². The summed E-state index contributed by atoms with van der Waals surface area (Å²) in [6.07, 6.45) is 1.38. The van der Waals surface area contributed by atoms with Crippen molar-refractivity contribution in [3.63, 3.8) is 0 Å². The number of nitrogens with zero attached hydrogens (tertiary/aromatic N) is 2. The van der Waals surface area contributed by atoms with E-state index in [2.05, 4.69) is 10.1 Å². The lowest BCUT2D eigenvalue weighted by atomic mass is 10.2. The molecule has 0 amide bonds. The lowest BCUT2D eigenvalue weighted by Crippen LogP contribution is -2.18. The fraction of sp³-hybridized carbons (Fsp3) is 0. The Balaban J connectivity index is 2.28. The van der Waals surface area contributed by atoms with Crippen molar-refractivity contribution in [2.24, 2.45) is 0 Å². The molecule has 0 bridgehead atoms. The molecule has 2 heterocycles. The van der Waals surface area contributed by atoms with Gasteiger partial charge in [-0.25, -0.2) is 4.98 Å². The van der Waals surface area contributed by atoms with Gasteiger partial charge in [0.15, 0.2) is 5.65 Å². The lowest BCUT2D eigenvalue weighted by Gasteiger charge is -1.95. The summed E-state index contributed by atoms with van der Waals surface area (Å²) in [4.78, 5) is 15.8. The first-order valence-electron chi connectivity index (χ1n) is 5.17. The SMILES string of the molecule is Nc1cnc2cc(-c3ccccc3)[nH]n2c1=O. The van der Waals surface area contributed by atoms with E-state index in [-0.39, 0.29) is 11.2 Å². The first kappa shape index (κ1) is 9.65. The number of nitrogen functional groups attached to an aromatic ring is 1. The molecule has 0 spiro atoms. The Hall–Kier alpha value is -2.56. The van der Waals surface area contributed by atoms with Gasteiger partial charge in [-0.2, -0.15) is 4.52 Å².